The second-order valence-corrected chi connectivity index (χ2v) is 7.67. The van der Waals surface area contributed by atoms with E-state index >= 15 is 0 Å². The highest BCUT2D eigenvalue weighted by Gasteiger charge is 2.34. The van der Waals surface area contributed by atoms with Crippen LogP contribution in [0.1, 0.15) is 27.0 Å². The van der Waals surface area contributed by atoms with E-state index in [-0.39, 0.29) is 11.5 Å². The monoisotopic (exact) mass is 429 g/mol. The van der Waals surface area contributed by atoms with Crippen LogP contribution in [0.2, 0.25) is 0 Å². The number of nitrogens with zero attached hydrogens (tertiary/aromatic N) is 1. The molecule has 0 unspecified atom stereocenters. The number of hydrogen-bond donors (Lipinski definition) is 0. The Balaban J connectivity index is 1.44. The molecule has 0 bridgehead atoms. The van der Waals surface area contributed by atoms with Crippen molar-refractivity contribution in [2.75, 3.05) is 21.0 Å². The second kappa shape index (κ2) is 8.40. The van der Waals surface area contributed by atoms with E-state index in [1.54, 1.807) is 26.4 Å². The number of fused-ring (bicyclic) bond motifs is 3. The second-order valence-electron chi connectivity index (χ2n) is 7.67. The van der Waals surface area contributed by atoms with Crippen LogP contribution in [0.3, 0.4) is 0 Å². The Hall–Kier alpha value is -3.77. The number of ketones is 1. The number of ether oxygens (including phenoxy) is 4. The van der Waals surface area contributed by atoms with Gasteiger partial charge in [0, 0.05) is 24.2 Å². The van der Waals surface area contributed by atoms with Crippen LogP contribution in [-0.4, -0.2) is 31.6 Å². The lowest BCUT2D eigenvalue weighted by Gasteiger charge is -2.30. The zero-order chi connectivity index (χ0) is 22.1. The SMILES string of the molecule is COc1ccccc1/C=C1\Oc2c(ccc3c2CN(Cc2ccccc2OC)CO3)C1=O. The zero-order valence-corrected chi connectivity index (χ0v) is 18.0. The van der Waals surface area contributed by atoms with Crippen molar-refractivity contribution in [2.45, 2.75) is 13.1 Å². The average Bonchev–Trinajstić information content (AvgIpc) is 3.15. The molecular formula is C26H23NO5. The number of methoxy groups -OCH3 is 2. The van der Waals surface area contributed by atoms with Gasteiger partial charge in [-0.15, -0.1) is 0 Å². The van der Waals surface area contributed by atoms with Gasteiger partial charge in [-0.1, -0.05) is 36.4 Å². The van der Waals surface area contributed by atoms with Gasteiger partial charge < -0.3 is 18.9 Å². The maximum atomic E-state index is 13.0. The van der Waals surface area contributed by atoms with Gasteiger partial charge in [0.2, 0.25) is 5.78 Å². The predicted molar refractivity (Wildman–Crippen MR) is 120 cm³/mol. The molecule has 2 heterocycles. The van der Waals surface area contributed by atoms with Crippen LogP contribution in [0.4, 0.5) is 0 Å². The molecule has 3 aromatic carbocycles. The summed E-state index contributed by atoms with van der Waals surface area (Å²) in [6.45, 7) is 1.71. The van der Waals surface area contributed by atoms with Crippen molar-refractivity contribution < 1.29 is 23.7 Å². The Bertz CT molecular complexity index is 1220. The fourth-order valence-electron chi connectivity index (χ4n) is 4.11. The van der Waals surface area contributed by atoms with Gasteiger partial charge in [0.15, 0.2) is 5.76 Å². The molecule has 0 saturated carbocycles. The number of benzene rings is 3. The van der Waals surface area contributed by atoms with E-state index in [1.807, 2.05) is 54.6 Å². The Morgan fingerprint density at radius 1 is 0.969 bits per heavy atom. The molecule has 2 aliphatic rings. The first-order chi connectivity index (χ1) is 15.7. The Labute approximate surface area is 186 Å². The first-order valence-corrected chi connectivity index (χ1v) is 10.4. The topological polar surface area (TPSA) is 57.2 Å². The van der Waals surface area contributed by atoms with Gasteiger partial charge in [-0.05, 0) is 30.3 Å². The van der Waals surface area contributed by atoms with Crippen molar-refractivity contribution in [1.82, 2.24) is 4.90 Å². The minimum atomic E-state index is -0.143. The van der Waals surface area contributed by atoms with E-state index in [2.05, 4.69) is 4.90 Å². The van der Waals surface area contributed by atoms with Gasteiger partial charge >= 0.3 is 0 Å². The number of Topliss-reactive ketones (excluding diaryl/α,β-unsaturated/α-hetero) is 1. The van der Waals surface area contributed by atoms with E-state index in [4.69, 9.17) is 18.9 Å². The summed E-state index contributed by atoms with van der Waals surface area (Å²) in [5.41, 5.74) is 3.28. The fourth-order valence-corrected chi connectivity index (χ4v) is 4.11. The normalized spacial score (nSPS) is 16.2. The number of rotatable bonds is 5. The van der Waals surface area contributed by atoms with E-state index in [9.17, 15) is 4.79 Å². The largest absolute Gasteiger partial charge is 0.496 e. The highest BCUT2D eigenvalue weighted by Crippen LogP contribution is 2.42. The third-order valence-electron chi connectivity index (χ3n) is 5.69. The van der Waals surface area contributed by atoms with E-state index in [0.717, 1.165) is 28.2 Å². The van der Waals surface area contributed by atoms with Crippen LogP contribution < -0.4 is 18.9 Å². The first kappa shape index (κ1) is 20.2. The van der Waals surface area contributed by atoms with Crippen LogP contribution in [0.15, 0.2) is 66.4 Å². The summed E-state index contributed by atoms with van der Waals surface area (Å²) in [5.74, 6) is 2.96. The molecule has 0 N–H and O–H groups in total. The number of carbonyl (C=O) groups excluding carboxylic acids is 1. The lowest BCUT2D eigenvalue weighted by molar-refractivity contribution is 0.0865. The van der Waals surface area contributed by atoms with Crippen molar-refractivity contribution >= 4 is 11.9 Å². The third kappa shape index (κ3) is 3.59. The summed E-state index contributed by atoms with van der Waals surface area (Å²) in [4.78, 5) is 15.2. The maximum Gasteiger partial charge on any atom is 0.231 e. The smallest absolute Gasteiger partial charge is 0.231 e. The molecule has 0 radical (unpaired) electrons. The fraction of sp³-hybridized carbons (Fsp3) is 0.192. The van der Waals surface area contributed by atoms with E-state index < -0.39 is 0 Å². The number of para-hydroxylation sites is 2. The summed E-state index contributed by atoms with van der Waals surface area (Å²) >= 11 is 0. The molecule has 6 heteroatoms. The number of carbonyl (C=O) groups is 1. The molecule has 0 spiro atoms. The van der Waals surface area contributed by atoms with Crippen LogP contribution in [0, 0.1) is 0 Å². The molecule has 0 amide bonds. The Morgan fingerprint density at radius 2 is 1.72 bits per heavy atom. The van der Waals surface area contributed by atoms with Crippen LogP contribution >= 0.6 is 0 Å². The minimum absolute atomic E-state index is 0.143. The molecule has 32 heavy (non-hydrogen) atoms. The van der Waals surface area contributed by atoms with Crippen molar-refractivity contribution in [3.63, 3.8) is 0 Å². The van der Waals surface area contributed by atoms with Gasteiger partial charge in [0.25, 0.3) is 0 Å². The van der Waals surface area contributed by atoms with Gasteiger partial charge in [0.05, 0.1) is 25.3 Å². The van der Waals surface area contributed by atoms with Crippen LogP contribution in [0.5, 0.6) is 23.0 Å². The molecule has 3 aromatic rings. The van der Waals surface area contributed by atoms with E-state index in [0.29, 0.717) is 36.9 Å². The summed E-state index contributed by atoms with van der Waals surface area (Å²) < 4.78 is 23.0. The predicted octanol–water partition coefficient (Wildman–Crippen LogP) is 4.67. The van der Waals surface area contributed by atoms with Crippen molar-refractivity contribution in [1.29, 1.82) is 0 Å². The molecule has 0 atom stereocenters. The number of hydrogen-bond acceptors (Lipinski definition) is 6. The van der Waals surface area contributed by atoms with Crippen LogP contribution in [-0.2, 0) is 13.1 Å². The van der Waals surface area contributed by atoms with Crippen molar-refractivity contribution in [2.24, 2.45) is 0 Å². The van der Waals surface area contributed by atoms with Crippen LogP contribution in [0.25, 0.3) is 6.08 Å². The van der Waals surface area contributed by atoms with Gasteiger partial charge in [-0.2, -0.15) is 0 Å². The highest BCUT2D eigenvalue weighted by molar-refractivity contribution is 6.15. The third-order valence-corrected chi connectivity index (χ3v) is 5.69. The summed E-state index contributed by atoms with van der Waals surface area (Å²) in [5, 5.41) is 0. The molecule has 0 saturated heterocycles. The van der Waals surface area contributed by atoms with Crippen molar-refractivity contribution in [3.05, 3.63) is 88.7 Å². The quantitative estimate of drug-likeness (QED) is 0.550. The molecular weight excluding hydrogens is 406 g/mol. The standard InChI is InChI=1S/C26H23NO5/c1-29-21-9-5-3-7-17(21)13-24-25(28)19-11-12-23-20(26(19)32-24)15-27(16-31-23)14-18-8-4-6-10-22(18)30-2/h3-13H,14-16H2,1-2H3/b24-13-. The Kier molecular flexibility index (Phi) is 5.29. The first-order valence-electron chi connectivity index (χ1n) is 10.4. The molecule has 162 valence electrons. The van der Waals surface area contributed by atoms with E-state index in [1.165, 1.54) is 0 Å². The highest BCUT2D eigenvalue weighted by atomic mass is 16.5. The molecule has 2 aliphatic heterocycles. The van der Waals surface area contributed by atoms with Gasteiger partial charge in [-0.25, -0.2) is 0 Å². The molecule has 0 aromatic heterocycles. The number of allylic oxidation sites excluding steroid dienone is 1. The maximum absolute atomic E-state index is 13.0. The molecule has 0 aliphatic carbocycles. The zero-order valence-electron chi connectivity index (χ0n) is 18.0. The lowest BCUT2D eigenvalue weighted by Crippen LogP contribution is -2.31. The summed E-state index contributed by atoms with van der Waals surface area (Å²) in [7, 11) is 3.27. The molecule has 5 rings (SSSR count). The van der Waals surface area contributed by atoms with Gasteiger partial charge in [-0.3, -0.25) is 9.69 Å². The lowest BCUT2D eigenvalue weighted by atomic mass is 10.0. The average molecular weight is 429 g/mol. The van der Waals surface area contributed by atoms with Gasteiger partial charge in [0.1, 0.15) is 29.7 Å². The molecule has 0 fully saturated rings. The summed E-state index contributed by atoms with van der Waals surface area (Å²) in [6.07, 6.45) is 1.73. The van der Waals surface area contributed by atoms with Crippen molar-refractivity contribution in [3.8, 4) is 23.0 Å². The summed E-state index contributed by atoms with van der Waals surface area (Å²) in [6, 6.07) is 19.1. The molecule has 6 nitrogen and oxygen atoms in total. The Morgan fingerprint density at radius 3 is 2.53 bits per heavy atom. The minimum Gasteiger partial charge on any atom is -0.496 e.